The highest BCUT2D eigenvalue weighted by atomic mass is 16.6. The fourth-order valence-corrected chi connectivity index (χ4v) is 2.19. The van der Waals surface area contributed by atoms with Gasteiger partial charge >= 0.3 is 6.09 Å². The maximum atomic E-state index is 12.0. The summed E-state index contributed by atoms with van der Waals surface area (Å²) in [6, 6.07) is 10.0. The third kappa shape index (κ3) is 4.33. The van der Waals surface area contributed by atoms with Crippen molar-refractivity contribution >= 4 is 6.09 Å². The van der Waals surface area contributed by atoms with Gasteiger partial charge in [0.05, 0.1) is 25.3 Å². The Kier molecular flexibility index (Phi) is 4.68. The van der Waals surface area contributed by atoms with Gasteiger partial charge < -0.3 is 9.47 Å². The van der Waals surface area contributed by atoms with Crippen molar-refractivity contribution in [1.82, 2.24) is 4.90 Å². The molecule has 1 saturated heterocycles. The molecule has 0 bridgehead atoms. The molecule has 0 spiro atoms. The fourth-order valence-electron chi connectivity index (χ4n) is 2.19. The Hall–Kier alpha value is -1.81. The number of carbonyl (C=O) groups is 1. The number of carbonyl (C=O) groups excluding carboxylic acids is 1. The monoisotopic (exact) mass is 289 g/mol. The number of rotatable bonds is 5. The Morgan fingerprint density at radius 2 is 2.00 bits per heavy atom. The summed E-state index contributed by atoms with van der Waals surface area (Å²) in [5.74, 6) is 0. The van der Waals surface area contributed by atoms with E-state index in [9.17, 15) is 4.79 Å². The van der Waals surface area contributed by atoms with E-state index in [1.54, 1.807) is 11.0 Å². The van der Waals surface area contributed by atoms with Crippen LogP contribution >= 0.6 is 0 Å². The van der Waals surface area contributed by atoms with Gasteiger partial charge in [0.2, 0.25) is 0 Å². The van der Waals surface area contributed by atoms with E-state index in [1.807, 2.05) is 51.1 Å². The Labute approximate surface area is 126 Å². The van der Waals surface area contributed by atoms with Crippen molar-refractivity contribution in [2.75, 3.05) is 6.61 Å². The van der Waals surface area contributed by atoms with Crippen molar-refractivity contribution in [3.05, 3.63) is 48.6 Å². The van der Waals surface area contributed by atoms with Crippen LogP contribution in [0.1, 0.15) is 26.3 Å². The van der Waals surface area contributed by atoms with Gasteiger partial charge in [-0.2, -0.15) is 0 Å². The zero-order chi connectivity index (χ0) is 15.5. The van der Waals surface area contributed by atoms with Crippen LogP contribution in [0, 0.1) is 0 Å². The molecule has 1 heterocycles. The molecule has 1 aliphatic heterocycles. The van der Waals surface area contributed by atoms with Crippen LogP contribution in [0.15, 0.2) is 43.0 Å². The summed E-state index contributed by atoms with van der Waals surface area (Å²) in [5.41, 5.74) is 0.637. The predicted octanol–water partition coefficient (Wildman–Crippen LogP) is 3.38. The number of hydrogen-bond acceptors (Lipinski definition) is 3. The molecule has 1 fully saturated rings. The SMILES string of the molecule is C=CC1[C@@H](COCc2ccccc2)N1C(=O)OC(C)(C)C. The average Bonchev–Trinajstić information content (AvgIpc) is 3.11. The molecule has 0 saturated carbocycles. The summed E-state index contributed by atoms with van der Waals surface area (Å²) in [6.07, 6.45) is 1.46. The molecule has 114 valence electrons. The molecule has 0 radical (unpaired) electrons. The zero-order valence-corrected chi connectivity index (χ0v) is 12.9. The van der Waals surface area contributed by atoms with E-state index in [2.05, 4.69) is 6.58 Å². The molecule has 0 aliphatic carbocycles. The molecule has 0 aromatic heterocycles. The van der Waals surface area contributed by atoms with Gasteiger partial charge in [0, 0.05) is 0 Å². The first-order chi connectivity index (χ1) is 9.92. The van der Waals surface area contributed by atoms with Gasteiger partial charge in [-0.25, -0.2) is 4.79 Å². The molecule has 4 nitrogen and oxygen atoms in total. The molecular weight excluding hydrogens is 266 g/mol. The standard InChI is InChI=1S/C17H23NO3/c1-5-14-15(18(14)16(19)21-17(2,3)4)12-20-11-13-9-7-6-8-10-13/h5-10,14-15H,1,11-12H2,2-4H3/t14?,15-,18?/m1/s1. The molecule has 1 unspecified atom stereocenters. The minimum absolute atomic E-state index is 0.00984. The summed E-state index contributed by atoms with van der Waals surface area (Å²) < 4.78 is 11.1. The summed E-state index contributed by atoms with van der Waals surface area (Å²) in [7, 11) is 0. The minimum atomic E-state index is -0.485. The van der Waals surface area contributed by atoms with Crippen molar-refractivity contribution in [3.63, 3.8) is 0 Å². The van der Waals surface area contributed by atoms with Crippen molar-refractivity contribution in [3.8, 4) is 0 Å². The third-order valence-electron chi connectivity index (χ3n) is 3.23. The van der Waals surface area contributed by atoms with Crippen LogP contribution in [0.25, 0.3) is 0 Å². The molecule has 1 aromatic rings. The van der Waals surface area contributed by atoms with E-state index < -0.39 is 5.60 Å². The highest BCUT2D eigenvalue weighted by Gasteiger charge is 2.50. The molecule has 0 N–H and O–H groups in total. The smallest absolute Gasteiger partial charge is 0.411 e. The van der Waals surface area contributed by atoms with Crippen molar-refractivity contribution in [2.45, 2.75) is 45.1 Å². The lowest BCUT2D eigenvalue weighted by molar-refractivity contribution is 0.0365. The minimum Gasteiger partial charge on any atom is -0.444 e. The van der Waals surface area contributed by atoms with Gasteiger partial charge in [-0.3, -0.25) is 4.90 Å². The van der Waals surface area contributed by atoms with Gasteiger partial charge in [-0.1, -0.05) is 36.4 Å². The van der Waals surface area contributed by atoms with Gasteiger partial charge in [0.25, 0.3) is 0 Å². The van der Waals surface area contributed by atoms with Gasteiger partial charge in [0.1, 0.15) is 5.60 Å². The Morgan fingerprint density at radius 3 is 2.57 bits per heavy atom. The predicted molar refractivity (Wildman–Crippen MR) is 81.9 cm³/mol. The first-order valence-electron chi connectivity index (χ1n) is 7.18. The third-order valence-corrected chi connectivity index (χ3v) is 3.23. The van der Waals surface area contributed by atoms with Crippen LogP contribution in [-0.2, 0) is 16.1 Å². The van der Waals surface area contributed by atoms with Crippen LogP contribution in [-0.4, -0.2) is 35.3 Å². The maximum Gasteiger partial charge on any atom is 0.411 e. The fraction of sp³-hybridized carbons (Fsp3) is 0.471. The van der Waals surface area contributed by atoms with E-state index in [0.717, 1.165) is 5.56 Å². The van der Waals surface area contributed by atoms with E-state index in [-0.39, 0.29) is 18.2 Å². The first-order valence-corrected chi connectivity index (χ1v) is 7.18. The summed E-state index contributed by atoms with van der Waals surface area (Å²) in [6.45, 7) is 10.4. The van der Waals surface area contributed by atoms with Crippen molar-refractivity contribution in [2.24, 2.45) is 0 Å². The van der Waals surface area contributed by atoms with Crippen molar-refractivity contribution < 1.29 is 14.3 Å². The maximum absolute atomic E-state index is 12.0. The lowest BCUT2D eigenvalue weighted by Crippen LogP contribution is -2.28. The van der Waals surface area contributed by atoms with Crippen LogP contribution in [0.5, 0.6) is 0 Å². The molecule has 21 heavy (non-hydrogen) atoms. The molecule has 1 aromatic carbocycles. The normalized spacial score (nSPS) is 21.0. The summed E-state index contributed by atoms with van der Waals surface area (Å²) >= 11 is 0. The highest BCUT2D eigenvalue weighted by Crippen LogP contribution is 2.31. The van der Waals surface area contributed by atoms with Crippen LogP contribution < -0.4 is 0 Å². The number of hydrogen-bond donors (Lipinski definition) is 0. The van der Waals surface area contributed by atoms with E-state index in [1.165, 1.54) is 0 Å². The number of ether oxygens (including phenoxy) is 2. The van der Waals surface area contributed by atoms with Crippen LogP contribution in [0.3, 0.4) is 0 Å². The Morgan fingerprint density at radius 1 is 1.33 bits per heavy atom. The molecule has 1 aliphatic rings. The summed E-state index contributed by atoms with van der Waals surface area (Å²) in [5, 5.41) is 0. The molecular formula is C17H23NO3. The second kappa shape index (κ2) is 6.31. The molecule has 2 rings (SSSR count). The quantitative estimate of drug-likeness (QED) is 0.616. The van der Waals surface area contributed by atoms with Gasteiger partial charge in [0.15, 0.2) is 0 Å². The Balaban J connectivity index is 1.81. The summed E-state index contributed by atoms with van der Waals surface area (Å²) in [4.78, 5) is 13.7. The zero-order valence-electron chi connectivity index (χ0n) is 12.9. The second-order valence-corrected chi connectivity index (χ2v) is 6.18. The van der Waals surface area contributed by atoms with Crippen molar-refractivity contribution in [1.29, 1.82) is 0 Å². The average molecular weight is 289 g/mol. The number of amides is 1. The second-order valence-electron chi connectivity index (χ2n) is 6.18. The van der Waals surface area contributed by atoms with Gasteiger partial charge in [-0.05, 0) is 26.3 Å². The first kappa shape index (κ1) is 15.6. The highest BCUT2D eigenvalue weighted by molar-refractivity contribution is 5.73. The molecule has 2 atom stereocenters. The lowest BCUT2D eigenvalue weighted by Gasteiger charge is -2.20. The van der Waals surface area contributed by atoms with Crippen LogP contribution in [0.4, 0.5) is 4.79 Å². The lowest BCUT2D eigenvalue weighted by atomic mass is 10.2. The van der Waals surface area contributed by atoms with Crippen LogP contribution in [0.2, 0.25) is 0 Å². The van der Waals surface area contributed by atoms with Gasteiger partial charge in [-0.15, -0.1) is 6.58 Å². The number of nitrogens with zero attached hydrogens (tertiary/aromatic N) is 1. The number of benzene rings is 1. The molecule has 4 heteroatoms. The van der Waals surface area contributed by atoms with E-state index in [0.29, 0.717) is 13.2 Å². The van der Waals surface area contributed by atoms with E-state index >= 15 is 0 Å². The largest absolute Gasteiger partial charge is 0.444 e. The Bertz CT molecular complexity index is 493. The van der Waals surface area contributed by atoms with E-state index in [4.69, 9.17) is 9.47 Å². The molecule has 1 amide bonds. The topological polar surface area (TPSA) is 38.5 Å².